The zero-order chi connectivity index (χ0) is 22.4. The highest BCUT2D eigenvalue weighted by atomic mass is 32.2. The van der Waals surface area contributed by atoms with Gasteiger partial charge in [0, 0.05) is 17.1 Å². The maximum atomic E-state index is 14.5. The molecule has 0 radical (unpaired) electrons. The zero-order valence-corrected chi connectivity index (χ0v) is 17.9. The van der Waals surface area contributed by atoms with Crippen LogP contribution in [0.1, 0.15) is 25.5 Å². The van der Waals surface area contributed by atoms with E-state index in [1.165, 1.54) is 26.1 Å². The van der Waals surface area contributed by atoms with Crippen LogP contribution in [-0.2, 0) is 9.84 Å². The summed E-state index contributed by atoms with van der Waals surface area (Å²) in [6.45, 7) is 2.97. The standard InChI is InChI=1S/C20H21FN6O3S/c1-20(2)19(22)27-15(10-31(20,28)29)14-7-12(8-25-17(14)21)26-18-16-11(4-5-23-18)6-13(30-3)9-24-16/h4-9,15H,10H2,1-3H3,(H2,22,27)(H,23,26). The second kappa shape index (κ2) is 7.41. The van der Waals surface area contributed by atoms with Crippen LogP contribution in [0.2, 0.25) is 0 Å². The van der Waals surface area contributed by atoms with Crippen LogP contribution in [0.5, 0.6) is 5.75 Å². The van der Waals surface area contributed by atoms with Crippen molar-refractivity contribution >= 4 is 38.1 Å². The lowest BCUT2D eigenvalue weighted by Crippen LogP contribution is -2.50. The van der Waals surface area contributed by atoms with E-state index in [-0.39, 0.29) is 17.2 Å². The first kappa shape index (κ1) is 20.9. The molecule has 3 N–H and O–H groups in total. The Kier molecular flexibility index (Phi) is 5.00. The van der Waals surface area contributed by atoms with E-state index >= 15 is 0 Å². The Morgan fingerprint density at radius 2 is 2.00 bits per heavy atom. The fourth-order valence-corrected chi connectivity index (χ4v) is 4.70. The van der Waals surface area contributed by atoms with Gasteiger partial charge in [0.25, 0.3) is 0 Å². The minimum atomic E-state index is -3.64. The molecule has 0 amide bonds. The van der Waals surface area contributed by atoms with E-state index in [0.717, 1.165) is 5.39 Å². The number of fused-ring (bicyclic) bond motifs is 1. The maximum absolute atomic E-state index is 14.5. The number of nitrogens with one attached hydrogen (secondary N) is 1. The minimum absolute atomic E-state index is 0.0295. The first-order chi connectivity index (χ1) is 14.6. The lowest BCUT2D eigenvalue weighted by atomic mass is 10.1. The molecule has 4 rings (SSSR count). The first-order valence-electron chi connectivity index (χ1n) is 9.39. The van der Waals surface area contributed by atoms with Crippen molar-refractivity contribution in [1.29, 1.82) is 0 Å². The summed E-state index contributed by atoms with van der Waals surface area (Å²) in [5.41, 5.74) is 6.92. The van der Waals surface area contributed by atoms with Gasteiger partial charge in [-0.3, -0.25) is 4.99 Å². The molecule has 9 nitrogen and oxygen atoms in total. The number of ether oxygens (including phenoxy) is 1. The second-order valence-corrected chi connectivity index (χ2v) is 10.2. The average molecular weight is 444 g/mol. The highest BCUT2D eigenvalue weighted by Gasteiger charge is 2.44. The SMILES string of the molecule is COc1cnc2c(Nc3cnc(F)c(C4CS(=O)(=O)C(C)(C)C(N)=N4)c3)nccc2c1. The number of nitrogens with two attached hydrogens (primary N) is 1. The number of halogens is 1. The van der Waals surface area contributed by atoms with E-state index in [4.69, 9.17) is 10.5 Å². The van der Waals surface area contributed by atoms with Crippen LogP contribution in [0, 0.1) is 5.95 Å². The molecule has 0 spiro atoms. The molecule has 0 aliphatic carbocycles. The predicted molar refractivity (Wildman–Crippen MR) is 116 cm³/mol. The summed E-state index contributed by atoms with van der Waals surface area (Å²) in [6.07, 6.45) is 4.46. The van der Waals surface area contributed by atoms with Crippen LogP contribution in [-0.4, -0.2) is 46.8 Å². The van der Waals surface area contributed by atoms with E-state index in [9.17, 15) is 12.8 Å². The molecular formula is C20H21FN6O3S. The maximum Gasteiger partial charge on any atom is 0.218 e. The molecule has 0 bridgehead atoms. The molecule has 1 atom stereocenters. The van der Waals surface area contributed by atoms with Gasteiger partial charge in [0.05, 0.1) is 37.0 Å². The van der Waals surface area contributed by atoms with Crippen molar-refractivity contribution < 1.29 is 17.5 Å². The van der Waals surface area contributed by atoms with Crippen molar-refractivity contribution in [2.75, 3.05) is 18.2 Å². The summed E-state index contributed by atoms with van der Waals surface area (Å²) in [7, 11) is -2.08. The van der Waals surface area contributed by atoms with Gasteiger partial charge in [-0.1, -0.05) is 0 Å². The van der Waals surface area contributed by atoms with Crippen LogP contribution >= 0.6 is 0 Å². The van der Waals surface area contributed by atoms with E-state index in [1.54, 1.807) is 25.6 Å². The van der Waals surface area contributed by atoms with Gasteiger partial charge >= 0.3 is 0 Å². The molecule has 31 heavy (non-hydrogen) atoms. The molecule has 3 aromatic heterocycles. The normalized spacial score (nSPS) is 19.6. The van der Waals surface area contributed by atoms with Crippen molar-refractivity contribution in [2.45, 2.75) is 24.6 Å². The highest BCUT2D eigenvalue weighted by molar-refractivity contribution is 7.93. The molecule has 162 valence electrons. The smallest absolute Gasteiger partial charge is 0.218 e. The third-order valence-corrected chi connectivity index (χ3v) is 7.88. The Morgan fingerprint density at radius 1 is 1.23 bits per heavy atom. The molecule has 0 saturated carbocycles. The summed E-state index contributed by atoms with van der Waals surface area (Å²) in [6, 6.07) is 4.07. The van der Waals surface area contributed by atoms with Crippen LogP contribution < -0.4 is 15.8 Å². The number of sulfone groups is 1. The Labute approximate surface area is 178 Å². The van der Waals surface area contributed by atoms with Gasteiger partial charge in [0.15, 0.2) is 15.7 Å². The molecule has 1 unspecified atom stereocenters. The number of hydrogen-bond acceptors (Lipinski definition) is 9. The van der Waals surface area contributed by atoms with Crippen LogP contribution in [0.25, 0.3) is 10.9 Å². The number of nitrogens with zero attached hydrogens (tertiary/aromatic N) is 4. The predicted octanol–water partition coefficient (Wildman–Crippen LogP) is 2.52. The molecular weight excluding hydrogens is 423 g/mol. The summed E-state index contributed by atoms with van der Waals surface area (Å²) in [4.78, 5) is 16.7. The molecule has 11 heteroatoms. The number of aromatic nitrogens is 3. The lowest BCUT2D eigenvalue weighted by molar-refractivity contribution is 0.414. The summed E-state index contributed by atoms with van der Waals surface area (Å²) in [5, 5.41) is 3.86. The number of hydrogen-bond donors (Lipinski definition) is 2. The molecule has 0 saturated heterocycles. The van der Waals surface area contributed by atoms with Gasteiger partial charge in [-0.05, 0) is 32.0 Å². The van der Waals surface area contributed by atoms with E-state index < -0.39 is 26.6 Å². The summed E-state index contributed by atoms with van der Waals surface area (Å²) >= 11 is 0. The van der Waals surface area contributed by atoms with E-state index in [2.05, 4.69) is 25.3 Å². The molecule has 3 aromatic rings. The fraction of sp³-hybridized carbons (Fsp3) is 0.300. The van der Waals surface area contributed by atoms with Crippen molar-refractivity contribution in [1.82, 2.24) is 15.0 Å². The third kappa shape index (κ3) is 3.65. The fourth-order valence-electron chi connectivity index (χ4n) is 3.24. The number of anilines is 2. The van der Waals surface area contributed by atoms with Crippen LogP contribution in [0.15, 0.2) is 41.8 Å². The third-order valence-electron chi connectivity index (χ3n) is 5.36. The van der Waals surface area contributed by atoms with E-state index in [0.29, 0.717) is 22.8 Å². The number of amidine groups is 1. The van der Waals surface area contributed by atoms with Gasteiger partial charge in [-0.2, -0.15) is 4.39 Å². The summed E-state index contributed by atoms with van der Waals surface area (Å²) < 4.78 is 43.7. The molecule has 0 fully saturated rings. The molecule has 1 aliphatic rings. The Morgan fingerprint density at radius 3 is 2.71 bits per heavy atom. The highest BCUT2D eigenvalue weighted by Crippen LogP contribution is 2.34. The van der Waals surface area contributed by atoms with Crippen LogP contribution in [0.3, 0.4) is 0 Å². The van der Waals surface area contributed by atoms with Crippen molar-refractivity contribution in [3.05, 3.63) is 48.3 Å². The number of methoxy groups -OCH3 is 1. The zero-order valence-electron chi connectivity index (χ0n) is 17.1. The largest absolute Gasteiger partial charge is 0.495 e. The number of aliphatic imine (C=N–C) groups is 1. The van der Waals surface area contributed by atoms with Crippen molar-refractivity contribution in [2.24, 2.45) is 10.7 Å². The molecule has 1 aliphatic heterocycles. The van der Waals surface area contributed by atoms with E-state index in [1.807, 2.05) is 6.07 Å². The lowest BCUT2D eigenvalue weighted by Gasteiger charge is -2.31. The van der Waals surface area contributed by atoms with Gasteiger partial charge in [0.1, 0.15) is 21.8 Å². The quantitative estimate of drug-likeness (QED) is 0.587. The minimum Gasteiger partial charge on any atom is -0.495 e. The van der Waals surface area contributed by atoms with Crippen molar-refractivity contribution in [3.8, 4) is 5.75 Å². The van der Waals surface area contributed by atoms with Gasteiger partial charge in [-0.15, -0.1) is 0 Å². The van der Waals surface area contributed by atoms with Gasteiger partial charge < -0.3 is 15.8 Å². The topological polar surface area (TPSA) is 132 Å². The van der Waals surface area contributed by atoms with Crippen LogP contribution in [0.4, 0.5) is 15.9 Å². The number of rotatable bonds is 4. The average Bonchev–Trinajstić information content (AvgIpc) is 2.73. The van der Waals surface area contributed by atoms with Gasteiger partial charge in [-0.25, -0.2) is 23.4 Å². The monoisotopic (exact) mass is 444 g/mol. The Hall–Kier alpha value is -3.34. The Bertz CT molecular complexity index is 1310. The Balaban J connectivity index is 1.72. The molecule has 4 heterocycles. The second-order valence-electron chi connectivity index (χ2n) is 7.66. The summed E-state index contributed by atoms with van der Waals surface area (Å²) in [5.74, 6) is -0.199. The molecule has 0 aromatic carbocycles. The first-order valence-corrected chi connectivity index (χ1v) is 11.0. The number of pyridine rings is 3. The van der Waals surface area contributed by atoms with Gasteiger partial charge in [0.2, 0.25) is 5.95 Å². The van der Waals surface area contributed by atoms with Crippen molar-refractivity contribution in [3.63, 3.8) is 0 Å².